The Morgan fingerprint density at radius 2 is 1.90 bits per heavy atom. The van der Waals surface area contributed by atoms with Gasteiger partial charge in [0.1, 0.15) is 0 Å². The van der Waals surface area contributed by atoms with Crippen molar-refractivity contribution in [3.05, 3.63) is 88.6 Å². The van der Waals surface area contributed by atoms with Gasteiger partial charge in [0.2, 0.25) is 10.0 Å². The highest BCUT2D eigenvalue weighted by molar-refractivity contribution is 7.88. The fourth-order valence-corrected chi connectivity index (χ4v) is 4.91. The number of fused-ring (bicyclic) bond motifs is 2. The number of aromatic nitrogens is 1. The summed E-state index contributed by atoms with van der Waals surface area (Å²) in [5.41, 5.74) is 3.97. The van der Waals surface area contributed by atoms with E-state index in [-0.39, 0.29) is 5.48 Å². The van der Waals surface area contributed by atoms with Crippen LogP contribution in [-0.2, 0) is 16.4 Å². The molecule has 2 aromatic rings. The molecule has 0 aliphatic heterocycles. The predicted molar refractivity (Wildman–Crippen MR) is 121 cm³/mol. The lowest BCUT2D eigenvalue weighted by molar-refractivity contribution is 0.412. The molecule has 2 atom stereocenters. The molecule has 158 valence electrons. The maximum atomic E-state index is 11.4. The summed E-state index contributed by atoms with van der Waals surface area (Å²) in [5, 5.41) is 2.60. The third kappa shape index (κ3) is 5.14. The van der Waals surface area contributed by atoms with Gasteiger partial charge in [-0.1, -0.05) is 42.5 Å². The summed E-state index contributed by atoms with van der Waals surface area (Å²) in [7, 11) is -3.15. The van der Waals surface area contributed by atoms with E-state index in [4.69, 9.17) is 0 Å². The predicted octanol–water partition coefficient (Wildman–Crippen LogP) is 1.50. The zero-order chi connectivity index (χ0) is 20.3. The molecule has 0 fully saturated rings. The topological polar surface area (TPSA) is 90.6 Å². The molecule has 30 heavy (non-hydrogen) atoms. The lowest BCUT2D eigenvalue weighted by Gasteiger charge is -2.29. The molecule has 6 heteroatoms. The first kappa shape index (κ1) is 22.2. The Balaban J connectivity index is 0.00000256. The van der Waals surface area contributed by atoms with Gasteiger partial charge in [-0.25, -0.2) is 13.1 Å². The van der Waals surface area contributed by atoms with E-state index < -0.39 is 10.0 Å². The molecule has 2 aliphatic rings. The molecule has 2 unspecified atom stereocenters. The second-order valence-corrected chi connectivity index (χ2v) is 9.64. The van der Waals surface area contributed by atoms with E-state index >= 15 is 0 Å². The lowest BCUT2D eigenvalue weighted by atomic mass is 9.75. The molecule has 1 heterocycles. The van der Waals surface area contributed by atoms with E-state index in [2.05, 4.69) is 70.4 Å². The number of rotatable bonds is 8. The zero-order valence-corrected chi connectivity index (χ0v) is 17.9. The Morgan fingerprint density at radius 3 is 2.67 bits per heavy atom. The van der Waals surface area contributed by atoms with Crippen LogP contribution in [0.15, 0.2) is 72.6 Å². The first-order valence-electron chi connectivity index (χ1n) is 10.0. The summed E-state index contributed by atoms with van der Waals surface area (Å²) < 4.78 is 25.4. The van der Waals surface area contributed by atoms with Gasteiger partial charge in [-0.15, -0.1) is 0 Å². The van der Waals surface area contributed by atoms with E-state index in [9.17, 15) is 8.42 Å². The average Bonchev–Trinajstić information content (AvgIpc) is 3.09. The van der Waals surface area contributed by atoms with Crippen LogP contribution >= 0.6 is 0 Å². The minimum Gasteiger partial charge on any atom is -0.412 e. The Hall–Kier alpha value is -2.54. The first-order valence-corrected chi connectivity index (χ1v) is 11.9. The van der Waals surface area contributed by atoms with Crippen LogP contribution in [0, 0.1) is 11.8 Å². The second-order valence-electron chi connectivity index (χ2n) is 7.81. The number of pyridine rings is 1. The summed E-state index contributed by atoms with van der Waals surface area (Å²) in [4.78, 5) is 4.14. The highest BCUT2D eigenvalue weighted by Crippen LogP contribution is 2.37. The molecule has 0 saturated carbocycles. The Kier molecular flexibility index (Phi) is 7.02. The molecule has 1 aromatic carbocycles. The molecule has 0 bridgehead atoms. The van der Waals surface area contributed by atoms with Crippen molar-refractivity contribution in [1.29, 1.82) is 0 Å². The van der Waals surface area contributed by atoms with Gasteiger partial charge in [-0.3, -0.25) is 4.98 Å². The van der Waals surface area contributed by atoms with Crippen LogP contribution in [0.1, 0.15) is 18.4 Å². The first-order chi connectivity index (χ1) is 14.0. The molecule has 3 N–H and O–H groups in total. The van der Waals surface area contributed by atoms with Crippen molar-refractivity contribution < 1.29 is 13.9 Å². The smallest absolute Gasteiger partial charge is 0.208 e. The number of hydrogen-bond donors (Lipinski definition) is 1. The highest BCUT2D eigenvalue weighted by Gasteiger charge is 2.28. The van der Waals surface area contributed by atoms with Crippen molar-refractivity contribution >= 4 is 21.7 Å². The molecule has 0 spiro atoms. The zero-order valence-electron chi connectivity index (χ0n) is 17.1. The third-order valence-electron chi connectivity index (χ3n) is 5.67. The van der Waals surface area contributed by atoms with E-state index in [0.717, 1.165) is 19.3 Å². The third-order valence-corrected chi connectivity index (χ3v) is 6.40. The van der Waals surface area contributed by atoms with Gasteiger partial charge in [-0.05, 0) is 70.5 Å². The number of hydrogen-bond acceptors (Lipinski definition) is 3. The largest absolute Gasteiger partial charge is 0.412 e. The van der Waals surface area contributed by atoms with Crippen molar-refractivity contribution in [2.24, 2.45) is 11.8 Å². The number of benzene rings is 1. The number of nitrogens with one attached hydrogen (secondary N) is 1. The molecule has 0 saturated heterocycles. The fourth-order valence-electron chi connectivity index (χ4n) is 4.40. The molecule has 0 amide bonds. The molecule has 2 aliphatic carbocycles. The Labute approximate surface area is 177 Å². The van der Waals surface area contributed by atoms with Crippen LogP contribution in [0.3, 0.4) is 0 Å². The SMILES string of the molecule is CS(=O)(=O)NCCCC(Cc1ccncc1)C1C=CC=C2C=c3ccccc3=C21.O. The molecular weight excluding hydrogens is 396 g/mol. The van der Waals surface area contributed by atoms with Crippen LogP contribution < -0.4 is 15.2 Å². The summed E-state index contributed by atoms with van der Waals surface area (Å²) in [6, 6.07) is 12.7. The molecule has 0 radical (unpaired) electrons. The molecule has 4 rings (SSSR count). The van der Waals surface area contributed by atoms with Gasteiger partial charge >= 0.3 is 0 Å². The van der Waals surface area contributed by atoms with Gasteiger partial charge in [0, 0.05) is 24.9 Å². The minimum absolute atomic E-state index is 0. The van der Waals surface area contributed by atoms with E-state index in [1.165, 1.54) is 33.4 Å². The number of allylic oxidation sites excluding steroid dienone is 4. The summed E-state index contributed by atoms with van der Waals surface area (Å²) in [6.45, 7) is 0.475. The quantitative estimate of drug-likeness (QED) is 0.651. The Bertz CT molecular complexity index is 1170. The van der Waals surface area contributed by atoms with Gasteiger partial charge in [0.15, 0.2) is 0 Å². The Morgan fingerprint density at radius 1 is 1.13 bits per heavy atom. The lowest BCUT2D eigenvalue weighted by Crippen LogP contribution is -2.28. The maximum Gasteiger partial charge on any atom is 0.208 e. The summed E-state index contributed by atoms with van der Waals surface area (Å²) in [5.74, 6) is 0.689. The van der Waals surface area contributed by atoms with Crippen LogP contribution in [-0.4, -0.2) is 31.7 Å². The molecule has 1 aromatic heterocycles. The standard InChI is InChI=1S/C24H26N2O2S.H2O/c1-29(27,28)26-13-5-8-19(16-18-11-14-25-15-12-18)23-10-4-7-21-17-20-6-2-3-9-22(20)24(21)23;/h2-4,6-7,9-12,14-15,17,19,23,26H,5,8,13,16H2,1H3;1H2. The van der Waals surface area contributed by atoms with Crippen molar-refractivity contribution in [3.8, 4) is 0 Å². The van der Waals surface area contributed by atoms with Gasteiger partial charge in [0.25, 0.3) is 0 Å². The maximum absolute atomic E-state index is 11.4. The van der Waals surface area contributed by atoms with Crippen molar-refractivity contribution in [2.75, 3.05) is 12.8 Å². The van der Waals surface area contributed by atoms with Gasteiger partial charge in [-0.2, -0.15) is 0 Å². The van der Waals surface area contributed by atoms with E-state index in [1.54, 1.807) is 0 Å². The highest BCUT2D eigenvalue weighted by atomic mass is 32.2. The van der Waals surface area contributed by atoms with E-state index in [0.29, 0.717) is 18.4 Å². The van der Waals surface area contributed by atoms with Crippen LogP contribution in [0.4, 0.5) is 0 Å². The van der Waals surface area contributed by atoms with Crippen molar-refractivity contribution in [1.82, 2.24) is 9.71 Å². The van der Waals surface area contributed by atoms with Crippen molar-refractivity contribution in [2.45, 2.75) is 19.3 Å². The second kappa shape index (κ2) is 9.51. The monoisotopic (exact) mass is 424 g/mol. The normalized spacial score (nSPS) is 18.0. The fraction of sp³-hybridized carbons (Fsp3) is 0.292. The molecule has 5 nitrogen and oxygen atoms in total. The summed E-state index contributed by atoms with van der Waals surface area (Å²) >= 11 is 0. The summed E-state index contributed by atoms with van der Waals surface area (Å²) in [6.07, 6.45) is 16.5. The van der Waals surface area contributed by atoms with Gasteiger partial charge in [0.05, 0.1) is 6.26 Å². The number of nitrogens with zero attached hydrogens (tertiary/aromatic N) is 1. The van der Waals surface area contributed by atoms with E-state index in [1.807, 2.05) is 12.4 Å². The van der Waals surface area contributed by atoms with Crippen LogP contribution in [0.5, 0.6) is 0 Å². The van der Waals surface area contributed by atoms with Crippen LogP contribution in [0.2, 0.25) is 0 Å². The average molecular weight is 425 g/mol. The minimum atomic E-state index is -3.15. The van der Waals surface area contributed by atoms with Gasteiger partial charge < -0.3 is 5.48 Å². The number of sulfonamides is 1. The van der Waals surface area contributed by atoms with Crippen LogP contribution in [0.25, 0.3) is 11.6 Å². The van der Waals surface area contributed by atoms with Crippen molar-refractivity contribution in [3.63, 3.8) is 0 Å². The molecular formula is C24H28N2O3S.